The Labute approximate surface area is 176 Å². The van der Waals surface area contributed by atoms with Gasteiger partial charge in [-0.05, 0) is 36.5 Å². The Kier molecular flexibility index (Phi) is 6.28. The summed E-state index contributed by atoms with van der Waals surface area (Å²) in [6.45, 7) is 0.128. The van der Waals surface area contributed by atoms with Crippen LogP contribution in [0.2, 0.25) is 0 Å². The van der Waals surface area contributed by atoms with Crippen LogP contribution in [0.15, 0.2) is 73.2 Å². The maximum Gasteiger partial charge on any atom is 0.368 e. The van der Waals surface area contributed by atoms with Gasteiger partial charge >= 0.3 is 5.97 Å². The van der Waals surface area contributed by atoms with E-state index in [1.807, 2.05) is 30.3 Å². The molecule has 0 spiro atoms. The number of esters is 1. The molecular weight excluding hydrogens is 376 g/mol. The first-order valence-electron chi connectivity index (χ1n) is 10.4. The first-order chi connectivity index (χ1) is 14.7. The topological polar surface area (TPSA) is 60.1 Å². The predicted octanol–water partition coefficient (Wildman–Crippen LogP) is 4.52. The fourth-order valence-corrected chi connectivity index (χ4v) is 3.92. The van der Waals surface area contributed by atoms with Crippen LogP contribution >= 0.6 is 0 Å². The lowest BCUT2D eigenvalue weighted by atomic mass is 9.84. The number of benzene rings is 2. The molecule has 0 radical (unpaired) electrons. The third-order valence-corrected chi connectivity index (χ3v) is 5.56. The number of rotatable bonds is 6. The number of ether oxygens (including phenoxy) is 1. The fourth-order valence-electron chi connectivity index (χ4n) is 3.92. The summed E-state index contributed by atoms with van der Waals surface area (Å²) in [5.74, 6) is 0.531. The van der Waals surface area contributed by atoms with Crippen molar-refractivity contribution in [1.82, 2.24) is 4.98 Å². The Morgan fingerprint density at radius 2 is 1.70 bits per heavy atom. The van der Waals surface area contributed by atoms with Crippen LogP contribution in [-0.4, -0.2) is 16.7 Å². The van der Waals surface area contributed by atoms with E-state index >= 15 is 0 Å². The summed E-state index contributed by atoms with van der Waals surface area (Å²) >= 11 is 0. The Hall–Kier alpha value is -3.34. The highest BCUT2D eigenvalue weighted by Crippen LogP contribution is 2.33. The molecule has 0 bridgehead atoms. The van der Waals surface area contributed by atoms with Crippen LogP contribution < -0.4 is 9.30 Å². The molecule has 0 atom stereocenters. The Morgan fingerprint density at radius 3 is 2.43 bits per heavy atom. The van der Waals surface area contributed by atoms with E-state index in [9.17, 15) is 9.59 Å². The van der Waals surface area contributed by atoms with Gasteiger partial charge in [-0.15, -0.1) is 0 Å². The number of ketones is 1. The van der Waals surface area contributed by atoms with Crippen molar-refractivity contribution in [3.8, 4) is 5.75 Å². The quantitative estimate of drug-likeness (QED) is 0.264. The van der Waals surface area contributed by atoms with E-state index in [1.54, 1.807) is 29.1 Å². The Bertz CT molecular complexity index is 1010. The normalized spacial score (nSPS) is 14.3. The van der Waals surface area contributed by atoms with E-state index in [1.165, 1.54) is 43.9 Å². The molecule has 0 unspecified atom stereocenters. The van der Waals surface area contributed by atoms with Gasteiger partial charge in [0.25, 0.3) is 0 Å². The zero-order chi connectivity index (χ0) is 20.8. The molecule has 0 aliphatic heterocycles. The van der Waals surface area contributed by atoms with E-state index in [4.69, 9.17) is 4.74 Å². The van der Waals surface area contributed by atoms with Gasteiger partial charge in [0.05, 0.1) is 6.20 Å². The SMILES string of the molecule is O=C(C[n+]1ccnc(C(=O)Oc2ccc(C3CCCCC3)cc2)c1)c1ccccc1. The number of carbonyl (C=O) groups excluding carboxylic acids is 2. The molecule has 1 aromatic heterocycles. The van der Waals surface area contributed by atoms with Gasteiger partial charge in [0.15, 0.2) is 6.20 Å². The second-order valence-electron chi connectivity index (χ2n) is 7.70. The number of carbonyl (C=O) groups is 2. The van der Waals surface area contributed by atoms with Gasteiger partial charge < -0.3 is 4.74 Å². The molecule has 4 rings (SSSR count). The number of hydrogen-bond donors (Lipinski definition) is 0. The van der Waals surface area contributed by atoms with Crippen LogP contribution in [0.25, 0.3) is 0 Å². The summed E-state index contributed by atoms with van der Waals surface area (Å²) in [7, 11) is 0. The van der Waals surface area contributed by atoms with Gasteiger partial charge in [-0.3, -0.25) is 4.79 Å². The van der Waals surface area contributed by atoms with Gasteiger partial charge in [0.1, 0.15) is 5.75 Å². The smallest absolute Gasteiger partial charge is 0.368 e. The van der Waals surface area contributed by atoms with Gasteiger partial charge in [0, 0.05) is 5.56 Å². The standard InChI is InChI=1S/C25H25N2O3/c28-24(21-9-5-2-6-10-21)18-27-16-15-26-23(17-27)25(29)30-22-13-11-20(12-14-22)19-7-3-1-4-8-19/h2,5-6,9-17,19H,1,3-4,7-8,18H2/q+1. The van der Waals surface area contributed by atoms with Crippen LogP contribution in [0.1, 0.15) is 64.4 Å². The van der Waals surface area contributed by atoms with Crippen molar-refractivity contribution < 1.29 is 18.9 Å². The molecule has 3 aromatic rings. The largest absolute Gasteiger partial charge is 0.422 e. The van der Waals surface area contributed by atoms with Gasteiger partial charge in [-0.1, -0.05) is 61.7 Å². The number of aromatic nitrogens is 2. The highest BCUT2D eigenvalue weighted by molar-refractivity contribution is 5.95. The predicted molar refractivity (Wildman–Crippen MR) is 112 cm³/mol. The molecule has 5 heteroatoms. The molecule has 0 N–H and O–H groups in total. The van der Waals surface area contributed by atoms with Gasteiger partial charge in [-0.25, -0.2) is 9.78 Å². The van der Waals surface area contributed by atoms with Crippen LogP contribution in [0.5, 0.6) is 5.75 Å². The lowest BCUT2D eigenvalue weighted by Gasteiger charge is -2.21. The zero-order valence-electron chi connectivity index (χ0n) is 16.9. The van der Waals surface area contributed by atoms with Crippen molar-refractivity contribution >= 4 is 11.8 Å². The third kappa shape index (κ3) is 4.98. The summed E-state index contributed by atoms with van der Waals surface area (Å²) < 4.78 is 7.13. The summed E-state index contributed by atoms with van der Waals surface area (Å²) in [5, 5.41) is 0. The Balaban J connectivity index is 1.40. The first kappa shape index (κ1) is 20.0. The lowest BCUT2D eigenvalue weighted by molar-refractivity contribution is -0.683. The maximum absolute atomic E-state index is 12.5. The van der Waals surface area contributed by atoms with E-state index in [0.29, 0.717) is 17.2 Å². The molecule has 1 aliphatic rings. The van der Waals surface area contributed by atoms with Crippen molar-refractivity contribution in [3.63, 3.8) is 0 Å². The highest BCUT2D eigenvalue weighted by Gasteiger charge is 2.19. The minimum atomic E-state index is -0.540. The van der Waals surface area contributed by atoms with Crippen molar-refractivity contribution in [3.05, 3.63) is 90.0 Å². The molecule has 1 saturated carbocycles. The van der Waals surface area contributed by atoms with E-state index in [0.717, 1.165) is 0 Å². The average Bonchev–Trinajstić information content (AvgIpc) is 2.81. The number of Topliss-reactive ketones (excluding diaryl/α,β-unsaturated/α-hetero) is 1. The second kappa shape index (κ2) is 9.44. The maximum atomic E-state index is 12.5. The first-order valence-corrected chi connectivity index (χ1v) is 10.4. The van der Waals surface area contributed by atoms with Crippen LogP contribution in [0.4, 0.5) is 0 Å². The third-order valence-electron chi connectivity index (χ3n) is 5.56. The van der Waals surface area contributed by atoms with E-state index < -0.39 is 5.97 Å². The van der Waals surface area contributed by atoms with Crippen LogP contribution in [0.3, 0.4) is 0 Å². The summed E-state index contributed by atoms with van der Waals surface area (Å²) in [5.41, 5.74) is 2.10. The minimum absolute atomic E-state index is 0.0376. The van der Waals surface area contributed by atoms with Crippen molar-refractivity contribution in [2.24, 2.45) is 0 Å². The molecule has 1 aliphatic carbocycles. The van der Waals surface area contributed by atoms with Gasteiger partial charge in [-0.2, -0.15) is 4.57 Å². The molecule has 0 amide bonds. The zero-order valence-corrected chi connectivity index (χ0v) is 16.9. The van der Waals surface area contributed by atoms with E-state index in [2.05, 4.69) is 17.1 Å². The molecular formula is C25H25N2O3+. The second-order valence-corrected chi connectivity index (χ2v) is 7.70. The number of hydrogen-bond acceptors (Lipinski definition) is 4. The molecule has 1 fully saturated rings. The van der Waals surface area contributed by atoms with E-state index in [-0.39, 0.29) is 18.0 Å². The molecule has 1 heterocycles. The van der Waals surface area contributed by atoms with Crippen LogP contribution in [0, 0.1) is 0 Å². The fraction of sp³-hybridized carbons (Fsp3) is 0.280. The summed E-state index contributed by atoms with van der Waals surface area (Å²) in [6.07, 6.45) is 11.1. The lowest BCUT2D eigenvalue weighted by Crippen LogP contribution is -2.38. The highest BCUT2D eigenvalue weighted by atomic mass is 16.5. The molecule has 5 nitrogen and oxygen atoms in total. The molecule has 152 valence electrons. The number of nitrogens with zero attached hydrogens (tertiary/aromatic N) is 2. The monoisotopic (exact) mass is 401 g/mol. The summed E-state index contributed by atoms with van der Waals surface area (Å²) in [4.78, 5) is 29.0. The Morgan fingerprint density at radius 1 is 0.967 bits per heavy atom. The average molecular weight is 401 g/mol. The van der Waals surface area contributed by atoms with Crippen molar-refractivity contribution in [2.45, 2.75) is 44.6 Å². The van der Waals surface area contributed by atoms with Crippen molar-refractivity contribution in [1.29, 1.82) is 0 Å². The van der Waals surface area contributed by atoms with Crippen molar-refractivity contribution in [2.75, 3.05) is 0 Å². The molecule has 2 aromatic carbocycles. The summed E-state index contributed by atoms with van der Waals surface area (Å²) in [6, 6.07) is 16.9. The van der Waals surface area contributed by atoms with Crippen LogP contribution in [-0.2, 0) is 6.54 Å². The molecule has 0 saturated heterocycles. The molecule has 30 heavy (non-hydrogen) atoms. The van der Waals surface area contributed by atoms with Gasteiger partial charge in [0.2, 0.25) is 24.2 Å². The minimum Gasteiger partial charge on any atom is -0.422 e.